The summed E-state index contributed by atoms with van der Waals surface area (Å²) in [5.74, 6) is 0.804. The first-order valence-electron chi connectivity index (χ1n) is 6.38. The van der Waals surface area contributed by atoms with E-state index in [4.69, 9.17) is 4.74 Å². The molecule has 21 heavy (non-hydrogen) atoms. The second-order valence-corrected chi connectivity index (χ2v) is 4.58. The number of alkyl halides is 2. The van der Waals surface area contributed by atoms with Gasteiger partial charge in [0.15, 0.2) is 0 Å². The van der Waals surface area contributed by atoms with Crippen LogP contribution in [0.25, 0.3) is 0 Å². The van der Waals surface area contributed by atoms with Crippen molar-refractivity contribution in [3.05, 3.63) is 59.2 Å². The molecule has 1 unspecified atom stereocenters. The maximum absolute atomic E-state index is 12.1. The van der Waals surface area contributed by atoms with Crippen LogP contribution >= 0.6 is 0 Å². The van der Waals surface area contributed by atoms with E-state index in [9.17, 15) is 13.9 Å². The van der Waals surface area contributed by atoms with Crippen molar-refractivity contribution in [3.63, 3.8) is 0 Å². The van der Waals surface area contributed by atoms with Crippen LogP contribution in [0, 0.1) is 6.92 Å². The van der Waals surface area contributed by atoms with Gasteiger partial charge in [0.05, 0.1) is 7.11 Å². The van der Waals surface area contributed by atoms with Gasteiger partial charge in [0, 0.05) is 0 Å². The van der Waals surface area contributed by atoms with Crippen molar-refractivity contribution in [3.8, 4) is 11.5 Å². The van der Waals surface area contributed by atoms with Crippen LogP contribution in [-0.2, 0) is 0 Å². The van der Waals surface area contributed by atoms with Gasteiger partial charge in [-0.3, -0.25) is 0 Å². The number of aliphatic hydroxyl groups is 1. The Bertz CT molecular complexity index is 597. The third-order valence-electron chi connectivity index (χ3n) is 3.16. The highest BCUT2D eigenvalue weighted by Gasteiger charge is 2.13. The van der Waals surface area contributed by atoms with E-state index in [2.05, 4.69) is 4.74 Å². The molecule has 0 radical (unpaired) electrons. The minimum Gasteiger partial charge on any atom is -0.496 e. The molecule has 1 N–H and O–H groups in total. The van der Waals surface area contributed by atoms with Crippen LogP contribution in [0.15, 0.2) is 42.5 Å². The van der Waals surface area contributed by atoms with Crippen LogP contribution in [0.5, 0.6) is 11.5 Å². The van der Waals surface area contributed by atoms with Crippen molar-refractivity contribution in [2.75, 3.05) is 7.11 Å². The number of hydrogen-bond acceptors (Lipinski definition) is 3. The van der Waals surface area contributed by atoms with Crippen molar-refractivity contribution in [1.29, 1.82) is 0 Å². The van der Waals surface area contributed by atoms with E-state index in [1.54, 1.807) is 31.4 Å². The average Bonchev–Trinajstić information content (AvgIpc) is 2.46. The fourth-order valence-corrected chi connectivity index (χ4v) is 2.10. The van der Waals surface area contributed by atoms with Crippen LogP contribution in [0.1, 0.15) is 22.8 Å². The van der Waals surface area contributed by atoms with E-state index in [1.807, 2.05) is 13.0 Å². The second-order valence-electron chi connectivity index (χ2n) is 4.58. The minimum absolute atomic E-state index is 0.0619. The SMILES string of the molecule is COc1ccc(C(O)c2ccc(OC(F)F)cc2)cc1C. The molecule has 0 bridgehead atoms. The van der Waals surface area contributed by atoms with Gasteiger partial charge in [0.2, 0.25) is 0 Å². The van der Waals surface area contributed by atoms with E-state index in [1.165, 1.54) is 12.1 Å². The Kier molecular flexibility index (Phi) is 4.75. The van der Waals surface area contributed by atoms with Crippen LogP contribution in [0.4, 0.5) is 8.78 Å². The van der Waals surface area contributed by atoms with Gasteiger partial charge >= 0.3 is 6.61 Å². The van der Waals surface area contributed by atoms with Crippen LogP contribution in [-0.4, -0.2) is 18.8 Å². The molecule has 0 heterocycles. The topological polar surface area (TPSA) is 38.7 Å². The lowest BCUT2D eigenvalue weighted by molar-refractivity contribution is -0.0498. The van der Waals surface area contributed by atoms with Crippen LogP contribution in [0.3, 0.4) is 0 Å². The average molecular weight is 294 g/mol. The smallest absolute Gasteiger partial charge is 0.387 e. The van der Waals surface area contributed by atoms with E-state index < -0.39 is 12.7 Å². The van der Waals surface area contributed by atoms with Crippen molar-refractivity contribution >= 4 is 0 Å². The molecule has 2 aromatic carbocycles. The Hall–Kier alpha value is -2.14. The summed E-state index contributed by atoms with van der Waals surface area (Å²) in [5.41, 5.74) is 2.21. The lowest BCUT2D eigenvalue weighted by Crippen LogP contribution is -2.03. The molecular weight excluding hydrogens is 278 g/mol. The molecule has 3 nitrogen and oxygen atoms in total. The van der Waals surface area contributed by atoms with Gasteiger partial charge in [-0.1, -0.05) is 18.2 Å². The fraction of sp³-hybridized carbons (Fsp3) is 0.250. The molecule has 0 aliphatic rings. The van der Waals surface area contributed by atoms with Crippen molar-refractivity contribution in [2.24, 2.45) is 0 Å². The normalized spacial score (nSPS) is 12.3. The molecule has 0 saturated heterocycles. The van der Waals surface area contributed by atoms with E-state index in [0.717, 1.165) is 11.3 Å². The zero-order valence-corrected chi connectivity index (χ0v) is 11.7. The summed E-state index contributed by atoms with van der Waals surface area (Å²) in [6, 6.07) is 11.3. The summed E-state index contributed by atoms with van der Waals surface area (Å²) in [4.78, 5) is 0. The summed E-state index contributed by atoms with van der Waals surface area (Å²) in [6.45, 7) is -0.973. The highest BCUT2D eigenvalue weighted by atomic mass is 19.3. The van der Waals surface area contributed by atoms with E-state index in [-0.39, 0.29) is 5.75 Å². The first-order chi connectivity index (χ1) is 10.0. The van der Waals surface area contributed by atoms with Gasteiger partial charge in [-0.2, -0.15) is 8.78 Å². The summed E-state index contributed by atoms with van der Waals surface area (Å²) in [5, 5.41) is 10.3. The van der Waals surface area contributed by atoms with Crippen molar-refractivity contribution < 1.29 is 23.4 Å². The molecule has 0 spiro atoms. The molecule has 2 aromatic rings. The van der Waals surface area contributed by atoms with Gasteiger partial charge in [0.1, 0.15) is 17.6 Å². The Morgan fingerprint density at radius 1 is 1.00 bits per heavy atom. The molecule has 2 rings (SSSR count). The molecule has 0 aromatic heterocycles. The number of benzene rings is 2. The molecule has 0 saturated carbocycles. The largest absolute Gasteiger partial charge is 0.496 e. The Balaban J connectivity index is 2.19. The summed E-state index contributed by atoms with van der Waals surface area (Å²) in [7, 11) is 1.58. The number of rotatable bonds is 5. The third-order valence-corrected chi connectivity index (χ3v) is 3.16. The quantitative estimate of drug-likeness (QED) is 0.914. The number of methoxy groups -OCH3 is 1. The molecule has 0 aliphatic carbocycles. The predicted molar refractivity (Wildman–Crippen MR) is 74.9 cm³/mol. The number of aliphatic hydroxyl groups excluding tert-OH is 1. The Morgan fingerprint density at radius 2 is 1.62 bits per heavy atom. The zero-order chi connectivity index (χ0) is 15.4. The molecule has 0 fully saturated rings. The first-order valence-corrected chi connectivity index (χ1v) is 6.38. The van der Waals surface area contributed by atoms with Crippen LogP contribution in [0.2, 0.25) is 0 Å². The number of halogens is 2. The zero-order valence-electron chi connectivity index (χ0n) is 11.7. The molecular formula is C16H16F2O3. The Morgan fingerprint density at radius 3 is 2.14 bits per heavy atom. The summed E-state index contributed by atoms with van der Waals surface area (Å²) in [6.07, 6.45) is -0.838. The van der Waals surface area contributed by atoms with Gasteiger partial charge in [-0.05, 0) is 47.9 Å². The molecule has 0 aliphatic heterocycles. The second kappa shape index (κ2) is 6.54. The van der Waals surface area contributed by atoms with Gasteiger partial charge < -0.3 is 14.6 Å². The maximum atomic E-state index is 12.1. The monoisotopic (exact) mass is 294 g/mol. The van der Waals surface area contributed by atoms with Crippen LogP contribution < -0.4 is 9.47 Å². The lowest BCUT2D eigenvalue weighted by atomic mass is 9.99. The molecule has 112 valence electrons. The molecule has 1 atom stereocenters. The van der Waals surface area contributed by atoms with E-state index in [0.29, 0.717) is 11.1 Å². The highest BCUT2D eigenvalue weighted by molar-refractivity contribution is 5.40. The van der Waals surface area contributed by atoms with E-state index >= 15 is 0 Å². The third kappa shape index (κ3) is 3.70. The van der Waals surface area contributed by atoms with Crippen molar-refractivity contribution in [2.45, 2.75) is 19.6 Å². The lowest BCUT2D eigenvalue weighted by Gasteiger charge is -2.14. The maximum Gasteiger partial charge on any atom is 0.387 e. The molecule has 0 amide bonds. The number of hydrogen-bond donors (Lipinski definition) is 1. The Labute approximate surface area is 121 Å². The first kappa shape index (κ1) is 15.3. The van der Waals surface area contributed by atoms with Crippen molar-refractivity contribution in [1.82, 2.24) is 0 Å². The summed E-state index contributed by atoms with van der Waals surface area (Å²) >= 11 is 0. The predicted octanol–water partition coefficient (Wildman–Crippen LogP) is 3.69. The fourth-order valence-electron chi connectivity index (χ4n) is 2.10. The highest BCUT2D eigenvalue weighted by Crippen LogP contribution is 2.28. The number of ether oxygens (including phenoxy) is 2. The van der Waals surface area contributed by atoms with Gasteiger partial charge in [-0.25, -0.2) is 0 Å². The minimum atomic E-state index is -2.86. The summed E-state index contributed by atoms with van der Waals surface area (Å²) < 4.78 is 33.6. The van der Waals surface area contributed by atoms with Gasteiger partial charge in [0.25, 0.3) is 0 Å². The standard InChI is InChI=1S/C16H16F2O3/c1-10-9-12(5-8-14(10)20-2)15(19)11-3-6-13(7-4-11)21-16(17)18/h3-9,15-16,19H,1-2H3. The number of aryl methyl sites for hydroxylation is 1. The molecule has 5 heteroatoms. The van der Waals surface area contributed by atoms with Gasteiger partial charge in [-0.15, -0.1) is 0 Å².